The summed E-state index contributed by atoms with van der Waals surface area (Å²) in [5.41, 5.74) is 1.72. The predicted molar refractivity (Wildman–Crippen MR) is 123 cm³/mol. The van der Waals surface area contributed by atoms with E-state index in [1.807, 2.05) is 0 Å². The normalized spacial score (nSPS) is 11.6. The zero-order chi connectivity index (χ0) is 26.3. The molecule has 0 unspecified atom stereocenters. The highest BCUT2D eigenvalue weighted by Gasteiger charge is 2.35. The quantitative estimate of drug-likeness (QED) is 0.313. The third-order valence-electron chi connectivity index (χ3n) is 4.77. The van der Waals surface area contributed by atoms with Crippen molar-refractivity contribution in [2.75, 3.05) is 12.9 Å². The van der Waals surface area contributed by atoms with Crippen molar-refractivity contribution in [3.05, 3.63) is 72.7 Å². The number of halogens is 3. The second-order valence-electron chi connectivity index (χ2n) is 7.33. The number of rotatable bonds is 10. The molecule has 0 aliphatic heterocycles. The number of nitrogens with one attached hydrogen (secondary N) is 1. The fourth-order valence-corrected chi connectivity index (χ4v) is 4.16. The number of aromatic nitrogens is 3. The second-order valence-corrected chi connectivity index (χ2v) is 9.33. The summed E-state index contributed by atoms with van der Waals surface area (Å²) in [7, 11) is -3.06. The molecular formula is C23H21F3N4O5S. The molecular weight excluding hydrogens is 501 g/mol. The Morgan fingerprint density at radius 2 is 1.81 bits per heavy atom. The average Bonchev–Trinajstić information content (AvgIpc) is 2.86. The van der Waals surface area contributed by atoms with Crippen molar-refractivity contribution in [2.24, 2.45) is 0 Å². The van der Waals surface area contributed by atoms with Crippen LogP contribution >= 0.6 is 0 Å². The number of carbonyl (C=O) groups is 1. The summed E-state index contributed by atoms with van der Waals surface area (Å²) < 4.78 is 71.1. The van der Waals surface area contributed by atoms with Crippen LogP contribution in [0, 0.1) is 0 Å². The number of sulfone groups is 1. The van der Waals surface area contributed by atoms with Crippen LogP contribution in [0.4, 0.5) is 13.2 Å². The molecule has 0 bridgehead atoms. The minimum Gasteiger partial charge on any atom is -0.496 e. The van der Waals surface area contributed by atoms with Gasteiger partial charge in [0.2, 0.25) is 15.0 Å². The minimum atomic E-state index is -4.92. The van der Waals surface area contributed by atoms with Crippen molar-refractivity contribution < 1.29 is 36.0 Å². The molecule has 0 atom stereocenters. The lowest BCUT2D eigenvalue weighted by Gasteiger charge is -2.13. The summed E-state index contributed by atoms with van der Waals surface area (Å²) in [4.78, 5) is 27.8. The summed E-state index contributed by atoms with van der Waals surface area (Å²) in [6.07, 6.45) is -2.47. The number of ether oxygens (including phenoxy) is 1. The van der Waals surface area contributed by atoms with E-state index in [9.17, 15) is 26.4 Å². The molecule has 0 amide bonds. The molecule has 1 N–H and O–H groups in total. The molecule has 0 saturated heterocycles. The van der Waals surface area contributed by atoms with Gasteiger partial charge >= 0.3 is 12.1 Å². The third-order valence-corrected chi connectivity index (χ3v) is 6.33. The van der Waals surface area contributed by atoms with E-state index >= 15 is 0 Å². The molecule has 2 aromatic heterocycles. The summed E-state index contributed by atoms with van der Waals surface area (Å²) >= 11 is 0. The number of hydroxylamine groups is 1. The lowest BCUT2D eigenvalue weighted by molar-refractivity contribution is -0.148. The van der Waals surface area contributed by atoms with E-state index in [-0.39, 0.29) is 35.5 Å². The molecule has 13 heteroatoms. The Morgan fingerprint density at radius 3 is 2.47 bits per heavy atom. The first-order chi connectivity index (χ1) is 17.0. The Kier molecular flexibility index (Phi) is 8.25. The molecule has 0 fully saturated rings. The summed E-state index contributed by atoms with van der Waals surface area (Å²) in [5.74, 6) is -1.27. The van der Waals surface area contributed by atoms with Gasteiger partial charge in [0.1, 0.15) is 11.4 Å². The summed E-state index contributed by atoms with van der Waals surface area (Å²) in [5, 5.41) is -1.00. The minimum absolute atomic E-state index is 0.161. The van der Waals surface area contributed by atoms with Crippen LogP contribution in [0.3, 0.4) is 0 Å². The molecule has 0 aliphatic rings. The van der Waals surface area contributed by atoms with Crippen LogP contribution in [-0.4, -0.2) is 42.2 Å². The van der Waals surface area contributed by atoms with Gasteiger partial charge in [0, 0.05) is 29.9 Å². The predicted octanol–water partition coefficient (Wildman–Crippen LogP) is 3.84. The first-order valence-corrected chi connectivity index (χ1v) is 12.0. The number of hydrogen-bond acceptors (Lipinski definition) is 9. The van der Waals surface area contributed by atoms with Gasteiger partial charge in [-0.05, 0) is 36.8 Å². The van der Waals surface area contributed by atoms with Gasteiger partial charge in [0.15, 0.2) is 0 Å². The maximum atomic E-state index is 13.5. The maximum absolute atomic E-state index is 13.5. The first kappa shape index (κ1) is 26.6. The van der Waals surface area contributed by atoms with Crippen LogP contribution < -0.4 is 10.2 Å². The summed E-state index contributed by atoms with van der Waals surface area (Å²) in [6.45, 7) is 3.70. The number of benzene rings is 1. The molecule has 0 aliphatic carbocycles. The highest BCUT2D eigenvalue weighted by Crippen LogP contribution is 2.34. The van der Waals surface area contributed by atoms with Crippen LogP contribution in [-0.2, 0) is 25.6 Å². The smallest absolute Gasteiger partial charge is 0.433 e. The molecule has 3 aromatic rings. The van der Waals surface area contributed by atoms with Gasteiger partial charge in [-0.1, -0.05) is 18.7 Å². The van der Waals surface area contributed by atoms with Gasteiger partial charge in [-0.2, -0.15) is 13.2 Å². The Bertz CT molecular complexity index is 1350. The number of pyridine rings is 1. The van der Waals surface area contributed by atoms with E-state index in [4.69, 9.17) is 9.57 Å². The van der Waals surface area contributed by atoms with Crippen molar-refractivity contribution in [1.29, 1.82) is 0 Å². The van der Waals surface area contributed by atoms with E-state index in [2.05, 4.69) is 27.0 Å². The van der Waals surface area contributed by atoms with E-state index in [1.165, 1.54) is 31.6 Å². The zero-order valence-electron chi connectivity index (χ0n) is 18.9. The molecule has 3 rings (SSSR count). The van der Waals surface area contributed by atoms with Crippen molar-refractivity contribution in [3.8, 4) is 17.0 Å². The van der Waals surface area contributed by atoms with Crippen molar-refractivity contribution >= 4 is 21.5 Å². The molecule has 36 heavy (non-hydrogen) atoms. The molecule has 9 nitrogen and oxygen atoms in total. The zero-order valence-corrected chi connectivity index (χ0v) is 19.8. The van der Waals surface area contributed by atoms with Crippen LogP contribution in [0.25, 0.3) is 17.0 Å². The maximum Gasteiger partial charge on any atom is 0.433 e. The lowest BCUT2D eigenvalue weighted by atomic mass is 10.1. The van der Waals surface area contributed by atoms with Gasteiger partial charge in [-0.15, -0.1) is 0 Å². The van der Waals surface area contributed by atoms with Gasteiger partial charge in [0.25, 0.3) is 0 Å². The second kappa shape index (κ2) is 11.2. The van der Waals surface area contributed by atoms with Crippen LogP contribution in [0.15, 0.2) is 66.6 Å². The Labute approximate surface area is 204 Å². The van der Waals surface area contributed by atoms with E-state index < -0.39 is 38.6 Å². The monoisotopic (exact) mass is 522 g/mol. The summed E-state index contributed by atoms with van der Waals surface area (Å²) in [6, 6.07) is 10.0. The molecule has 0 radical (unpaired) electrons. The number of methoxy groups -OCH3 is 1. The van der Waals surface area contributed by atoms with E-state index in [0.29, 0.717) is 11.6 Å². The van der Waals surface area contributed by atoms with Gasteiger partial charge in [-0.3, -0.25) is 4.98 Å². The number of alkyl halides is 3. The molecule has 2 heterocycles. The van der Waals surface area contributed by atoms with E-state index in [0.717, 1.165) is 0 Å². The highest BCUT2D eigenvalue weighted by atomic mass is 32.2. The molecule has 0 saturated carbocycles. The van der Waals surface area contributed by atoms with Crippen molar-refractivity contribution in [1.82, 2.24) is 20.4 Å². The average molecular weight is 523 g/mol. The topological polar surface area (TPSA) is 120 Å². The van der Waals surface area contributed by atoms with Crippen LogP contribution in [0.5, 0.6) is 5.75 Å². The standard InChI is InChI=1S/C23H21F3N4O5S/c1-15(16-9-11-27-12-10-16)30-35-21(31)8-5-13-36(32,33)22-28-18(14-20(29-22)23(24,25)26)17-6-3-4-7-19(17)34-2/h3-4,6-7,9-12,14,30H,1,5,8,13H2,2H3. The first-order valence-electron chi connectivity index (χ1n) is 10.4. The number of carbonyl (C=O) groups excluding carboxylic acids is 1. The third kappa shape index (κ3) is 6.78. The molecule has 1 aromatic carbocycles. The SMILES string of the molecule is C=C(NOC(=O)CCCS(=O)(=O)c1nc(-c2ccccc2OC)cc(C(F)(F)F)n1)c1ccncc1. The van der Waals surface area contributed by atoms with Crippen LogP contribution in [0.2, 0.25) is 0 Å². The fourth-order valence-electron chi connectivity index (χ4n) is 2.98. The van der Waals surface area contributed by atoms with Gasteiger partial charge < -0.3 is 9.57 Å². The largest absolute Gasteiger partial charge is 0.496 e. The number of para-hydroxylation sites is 1. The molecule has 0 spiro atoms. The van der Waals surface area contributed by atoms with Crippen LogP contribution in [0.1, 0.15) is 24.1 Å². The number of nitrogens with zero attached hydrogens (tertiary/aromatic N) is 3. The number of hydrogen-bond donors (Lipinski definition) is 1. The lowest BCUT2D eigenvalue weighted by Crippen LogP contribution is -2.20. The van der Waals surface area contributed by atoms with Crippen molar-refractivity contribution in [3.63, 3.8) is 0 Å². The Hall–Kier alpha value is -4.00. The molecule has 190 valence electrons. The fraction of sp³-hybridized carbons (Fsp3) is 0.217. The Morgan fingerprint density at radius 1 is 1.11 bits per heavy atom. The van der Waals surface area contributed by atoms with Gasteiger partial charge in [0.05, 0.1) is 24.3 Å². The van der Waals surface area contributed by atoms with Gasteiger partial charge in [-0.25, -0.2) is 28.7 Å². The van der Waals surface area contributed by atoms with E-state index in [1.54, 1.807) is 24.3 Å². The Balaban J connectivity index is 1.72. The van der Waals surface area contributed by atoms with Crippen molar-refractivity contribution in [2.45, 2.75) is 24.2 Å². The highest BCUT2D eigenvalue weighted by molar-refractivity contribution is 7.91.